The standard InChI is InChI=1S/C19H16N4O6/c1-11-4-2-3-5-13(11)20-17(25)10-22-18(26)14(21-19(22)27)8-12-6-7-16(24)15(9-12)23(28)29/h2-9,24H,10H2,1H3,(H,20,25)(H,21,27)/b14-8-. The van der Waals surface area contributed by atoms with Crippen molar-refractivity contribution >= 4 is 35.3 Å². The Hall–Kier alpha value is -4.21. The molecule has 2 aromatic rings. The molecule has 0 radical (unpaired) electrons. The van der Waals surface area contributed by atoms with Gasteiger partial charge in [-0.1, -0.05) is 24.3 Å². The maximum absolute atomic E-state index is 12.5. The summed E-state index contributed by atoms with van der Waals surface area (Å²) in [6, 6.07) is 9.80. The second kappa shape index (κ2) is 7.80. The van der Waals surface area contributed by atoms with Crippen LogP contribution in [0.4, 0.5) is 16.2 Å². The number of imide groups is 1. The number of nitrogens with one attached hydrogen (secondary N) is 2. The van der Waals surface area contributed by atoms with Crippen LogP contribution in [0.2, 0.25) is 0 Å². The van der Waals surface area contributed by atoms with Gasteiger partial charge in [-0.2, -0.15) is 0 Å². The monoisotopic (exact) mass is 396 g/mol. The predicted molar refractivity (Wildman–Crippen MR) is 103 cm³/mol. The van der Waals surface area contributed by atoms with Crippen LogP contribution in [-0.4, -0.2) is 39.3 Å². The minimum atomic E-state index is -0.783. The number of nitro groups is 1. The van der Waals surface area contributed by atoms with Gasteiger partial charge in [0.2, 0.25) is 5.91 Å². The zero-order valence-electron chi connectivity index (χ0n) is 15.2. The van der Waals surface area contributed by atoms with Crippen LogP contribution >= 0.6 is 0 Å². The zero-order valence-corrected chi connectivity index (χ0v) is 15.2. The number of nitrogens with zero attached hydrogens (tertiary/aromatic N) is 2. The van der Waals surface area contributed by atoms with Crippen molar-refractivity contribution in [1.82, 2.24) is 10.2 Å². The molecular formula is C19H16N4O6. The minimum Gasteiger partial charge on any atom is -0.502 e. The van der Waals surface area contributed by atoms with Gasteiger partial charge in [0, 0.05) is 11.8 Å². The zero-order chi connectivity index (χ0) is 21.1. The number of carbonyl (C=O) groups excluding carboxylic acids is 3. The van der Waals surface area contributed by atoms with E-state index in [1.54, 1.807) is 25.1 Å². The Bertz CT molecular complexity index is 1060. The average Bonchev–Trinajstić information content (AvgIpc) is 2.92. The van der Waals surface area contributed by atoms with E-state index in [-0.39, 0.29) is 11.3 Å². The van der Waals surface area contributed by atoms with E-state index in [0.29, 0.717) is 5.69 Å². The fraction of sp³-hybridized carbons (Fsp3) is 0.105. The van der Waals surface area contributed by atoms with Crippen molar-refractivity contribution in [2.45, 2.75) is 6.92 Å². The van der Waals surface area contributed by atoms with E-state index in [4.69, 9.17) is 0 Å². The highest BCUT2D eigenvalue weighted by atomic mass is 16.6. The Morgan fingerprint density at radius 1 is 1.28 bits per heavy atom. The van der Waals surface area contributed by atoms with Crippen LogP contribution in [0, 0.1) is 17.0 Å². The molecule has 4 amide bonds. The van der Waals surface area contributed by atoms with Crippen LogP contribution in [-0.2, 0) is 9.59 Å². The molecule has 148 valence electrons. The maximum Gasteiger partial charge on any atom is 0.329 e. The molecule has 1 heterocycles. The molecule has 10 heteroatoms. The van der Waals surface area contributed by atoms with E-state index in [1.165, 1.54) is 12.1 Å². The van der Waals surface area contributed by atoms with Crippen molar-refractivity contribution in [3.05, 3.63) is 69.4 Å². The number of anilines is 1. The number of nitro benzene ring substituents is 1. The lowest BCUT2D eigenvalue weighted by atomic mass is 10.1. The number of carbonyl (C=O) groups is 3. The predicted octanol–water partition coefficient (Wildman–Crippen LogP) is 2.14. The van der Waals surface area contributed by atoms with Gasteiger partial charge in [-0.3, -0.25) is 19.7 Å². The fourth-order valence-corrected chi connectivity index (χ4v) is 2.70. The Morgan fingerprint density at radius 2 is 2.00 bits per heavy atom. The summed E-state index contributed by atoms with van der Waals surface area (Å²) in [5.74, 6) is -1.82. The molecule has 10 nitrogen and oxygen atoms in total. The second-order valence-electron chi connectivity index (χ2n) is 6.25. The van der Waals surface area contributed by atoms with Crippen LogP contribution in [0.25, 0.3) is 6.08 Å². The number of phenols is 1. The van der Waals surface area contributed by atoms with Gasteiger partial charge >= 0.3 is 11.7 Å². The van der Waals surface area contributed by atoms with E-state index in [2.05, 4.69) is 10.6 Å². The molecule has 0 bridgehead atoms. The molecule has 0 atom stereocenters. The molecule has 3 rings (SSSR count). The third-order valence-electron chi connectivity index (χ3n) is 4.19. The van der Waals surface area contributed by atoms with Crippen LogP contribution in [0.15, 0.2) is 48.2 Å². The van der Waals surface area contributed by atoms with Crippen molar-refractivity contribution in [2.75, 3.05) is 11.9 Å². The van der Waals surface area contributed by atoms with Gasteiger partial charge in [-0.25, -0.2) is 9.69 Å². The van der Waals surface area contributed by atoms with Gasteiger partial charge < -0.3 is 15.7 Å². The minimum absolute atomic E-state index is 0.140. The molecule has 0 aromatic heterocycles. The Balaban J connectivity index is 1.75. The number of urea groups is 1. The number of rotatable bonds is 5. The largest absolute Gasteiger partial charge is 0.502 e. The SMILES string of the molecule is Cc1ccccc1NC(=O)CN1C(=O)N/C(=C\c2ccc(O)c([N+](=O)[O-])c2)C1=O. The van der Waals surface area contributed by atoms with Gasteiger partial charge in [0.15, 0.2) is 5.75 Å². The summed E-state index contributed by atoms with van der Waals surface area (Å²) in [7, 11) is 0. The Kier molecular flexibility index (Phi) is 5.26. The summed E-state index contributed by atoms with van der Waals surface area (Å²) in [4.78, 5) is 47.7. The number of amides is 4. The lowest BCUT2D eigenvalue weighted by molar-refractivity contribution is -0.385. The first-order chi connectivity index (χ1) is 13.8. The second-order valence-corrected chi connectivity index (χ2v) is 6.25. The van der Waals surface area contributed by atoms with E-state index in [9.17, 15) is 29.6 Å². The molecule has 1 aliphatic rings. The van der Waals surface area contributed by atoms with Gasteiger partial charge in [0.25, 0.3) is 5.91 Å². The van der Waals surface area contributed by atoms with Crippen LogP contribution in [0.3, 0.4) is 0 Å². The molecule has 2 aromatic carbocycles. The highest BCUT2D eigenvalue weighted by Gasteiger charge is 2.35. The smallest absolute Gasteiger partial charge is 0.329 e. The molecule has 1 aliphatic heterocycles. The molecule has 0 unspecified atom stereocenters. The molecule has 1 fully saturated rings. The lowest BCUT2D eigenvalue weighted by Crippen LogP contribution is -2.38. The Morgan fingerprint density at radius 3 is 2.69 bits per heavy atom. The van der Waals surface area contributed by atoms with Gasteiger partial charge in [-0.05, 0) is 36.3 Å². The Labute approximate surface area is 164 Å². The molecule has 3 N–H and O–H groups in total. The number of aromatic hydroxyl groups is 1. The third kappa shape index (κ3) is 4.21. The van der Waals surface area contributed by atoms with Crippen molar-refractivity contribution in [3.8, 4) is 5.75 Å². The molecule has 0 spiro atoms. The van der Waals surface area contributed by atoms with Crippen LogP contribution < -0.4 is 10.6 Å². The molecule has 0 aliphatic carbocycles. The number of phenolic OH excluding ortho intramolecular Hbond substituents is 1. The number of para-hydroxylation sites is 1. The number of hydrogen-bond acceptors (Lipinski definition) is 6. The number of aryl methyl sites for hydroxylation is 1. The number of hydrogen-bond donors (Lipinski definition) is 3. The van der Waals surface area contributed by atoms with Gasteiger partial charge in [-0.15, -0.1) is 0 Å². The topological polar surface area (TPSA) is 142 Å². The summed E-state index contributed by atoms with van der Waals surface area (Å²) >= 11 is 0. The molecule has 29 heavy (non-hydrogen) atoms. The van der Waals surface area contributed by atoms with Crippen LogP contribution in [0.1, 0.15) is 11.1 Å². The first-order valence-electron chi connectivity index (χ1n) is 8.43. The van der Waals surface area contributed by atoms with E-state index >= 15 is 0 Å². The summed E-state index contributed by atoms with van der Waals surface area (Å²) in [6.45, 7) is 1.31. The highest BCUT2D eigenvalue weighted by Crippen LogP contribution is 2.27. The van der Waals surface area contributed by atoms with Crippen molar-refractivity contribution in [3.63, 3.8) is 0 Å². The molecular weight excluding hydrogens is 380 g/mol. The summed E-state index contributed by atoms with van der Waals surface area (Å²) in [5, 5.41) is 25.4. The van der Waals surface area contributed by atoms with Crippen molar-refractivity contribution in [2.24, 2.45) is 0 Å². The fourth-order valence-electron chi connectivity index (χ4n) is 2.70. The molecule has 0 saturated carbocycles. The average molecular weight is 396 g/mol. The number of benzene rings is 2. The molecule has 1 saturated heterocycles. The van der Waals surface area contributed by atoms with Crippen molar-refractivity contribution < 1.29 is 24.4 Å². The summed E-state index contributed by atoms with van der Waals surface area (Å²) < 4.78 is 0. The van der Waals surface area contributed by atoms with Crippen LogP contribution in [0.5, 0.6) is 5.75 Å². The highest BCUT2D eigenvalue weighted by molar-refractivity contribution is 6.16. The van der Waals surface area contributed by atoms with E-state index in [0.717, 1.165) is 22.6 Å². The lowest BCUT2D eigenvalue weighted by Gasteiger charge is -2.13. The maximum atomic E-state index is 12.5. The first-order valence-corrected chi connectivity index (χ1v) is 8.43. The van der Waals surface area contributed by atoms with Crippen molar-refractivity contribution in [1.29, 1.82) is 0 Å². The normalized spacial score (nSPS) is 14.8. The van der Waals surface area contributed by atoms with Gasteiger partial charge in [0.05, 0.1) is 4.92 Å². The summed E-state index contributed by atoms with van der Waals surface area (Å²) in [5.41, 5.74) is 0.943. The first kappa shape index (κ1) is 19.5. The van der Waals surface area contributed by atoms with Gasteiger partial charge in [0.1, 0.15) is 12.2 Å². The summed E-state index contributed by atoms with van der Waals surface area (Å²) in [6.07, 6.45) is 1.23. The quantitative estimate of drug-likeness (QED) is 0.306. The third-order valence-corrected chi connectivity index (χ3v) is 4.19. The van der Waals surface area contributed by atoms with E-state index < -0.39 is 40.8 Å². The van der Waals surface area contributed by atoms with E-state index in [1.807, 2.05) is 6.07 Å².